The summed E-state index contributed by atoms with van der Waals surface area (Å²) < 4.78 is 11.1. The molecule has 1 amide bonds. The van der Waals surface area contributed by atoms with E-state index in [1.807, 2.05) is 0 Å². The number of fused-ring (bicyclic) bond motifs is 3. The number of pyridine rings is 2. The summed E-state index contributed by atoms with van der Waals surface area (Å²) in [5.74, 6) is 0.369. The lowest BCUT2D eigenvalue weighted by Crippen LogP contribution is -2.53. The Morgan fingerprint density at radius 3 is 2.67 bits per heavy atom. The Kier molecular flexibility index (Phi) is 6.07. The number of halogens is 2. The maximum atomic E-state index is 13.6. The summed E-state index contributed by atoms with van der Waals surface area (Å²) in [4.78, 5) is 37.7. The van der Waals surface area contributed by atoms with Crippen molar-refractivity contribution >= 4 is 57.3 Å². The summed E-state index contributed by atoms with van der Waals surface area (Å²) in [7, 11) is 1.52. The Morgan fingerprint density at radius 2 is 1.94 bits per heavy atom. The lowest BCUT2D eigenvalue weighted by atomic mass is 9.96. The second-order valence-corrected chi connectivity index (χ2v) is 9.45. The first-order chi connectivity index (χ1) is 17.2. The second-order valence-electron chi connectivity index (χ2n) is 8.66. The number of nitrogens with one attached hydrogen (secondary N) is 3. The maximum Gasteiger partial charge on any atom is 0.252 e. The van der Waals surface area contributed by atoms with Crippen LogP contribution in [0.1, 0.15) is 28.5 Å². The molecule has 1 atom stereocenters. The Bertz CT molecular complexity index is 1520. The summed E-state index contributed by atoms with van der Waals surface area (Å²) >= 11 is 12.5. The first kappa shape index (κ1) is 24.1. The van der Waals surface area contributed by atoms with Gasteiger partial charge >= 0.3 is 0 Å². The van der Waals surface area contributed by atoms with E-state index in [1.54, 1.807) is 50.4 Å². The van der Waals surface area contributed by atoms with Crippen LogP contribution in [-0.4, -0.2) is 45.9 Å². The normalized spacial score (nSPS) is 16.9. The molecule has 1 aliphatic rings. The second kappa shape index (κ2) is 9.09. The number of carbonyl (C=O) groups excluding carboxylic acids is 2. The fraction of sp³-hybridized carbons (Fsp3) is 0.200. The number of ketones is 1. The number of anilines is 2. The van der Waals surface area contributed by atoms with Crippen LogP contribution in [0.4, 0.5) is 11.4 Å². The molecule has 3 N–H and O–H groups in total. The minimum atomic E-state index is -1.03. The van der Waals surface area contributed by atoms with Crippen molar-refractivity contribution in [2.45, 2.75) is 19.4 Å². The molecular formula is C25H21Cl2N5O4. The van der Waals surface area contributed by atoms with Crippen LogP contribution in [0, 0.1) is 6.92 Å². The van der Waals surface area contributed by atoms with Gasteiger partial charge in [0.05, 0.1) is 40.2 Å². The third-order valence-corrected chi connectivity index (χ3v) is 6.35. The summed E-state index contributed by atoms with van der Waals surface area (Å²) in [5.41, 5.74) is 1.84. The molecule has 0 spiro atoms. The molecule has 0 bridgehead atoms. The van der Waals surface area contributed by atoms with Crippen LogP contribution in [0.15, 0.2) is 42.7 Å². The quantitative estimate of drug-likeness (QED) is 0.229. The van der Waals surface area contributed by atoms with E-state index in [0.29, 0.717) is 50.3 Å². The van der Waals surface area contributed by atoms with Crippen molar-refractivity contribution in [1.82, 2.24) is 15.0 Å². The van der Waals surface area contributed by atoms with Gasteiger partial charge in [0.25, 0.3) is 5.91 Å². The molecule has 4 heterocycles. The fourth-order valence-corrected chi connectivity index (χ4v) is 4.66. The monoisotopic (exact) mass is 525 g/mol. The van der Waals surface area contributed by atoms with Crippen LogP contribution in [-0.2, 0) is 9.53 Å². The number of carbonyl (C=O) groups is 2. The fourth-order valence-electron chi connectivity index (χ4n) is 4.16. The van der Waals surface area contributed by atoms with Crippen LogP contribution >= 0.6 is 23.2 Å². The minimum Gasteiger partial charge on any atom is -0.457 e. The molecule has 0 saturated heterocycles. The predicted octanol–water partition coefficient (Wildman–Crippen LogP) is 5.37. The number of rotatable bonds is 6. The van der Waals surface area contributed by atoms with Crippen molar-refractivity contribution in [3.05, 3.63) is 69.7 Å². The van der Waals surface area contributed by atoms with Crippen LogP contribution in [0.3, 0.4) is 0 Å². The Balaban J connectivity index is 1.51. The molecule has 5 rings (SSSR count). The summed E-state index contributed by atoms with van der Waals surface area (Å²) in [5, 5.41) is 7.15. The number of hydrogen-bond acceptors (Lipinski definition) is 7. The average Bonchev–Trinajstić information content (AvgIpc) is 3.24. The van der Waals surface area contributed by atoms with E-state index in [1.165, 1.54) is 13.3 Å². The average molecular weight is 526 g/mol. The zero-order valence-corrected chi connectivity index (χ0v) is 21.0. The summed E-state index contributed by atoms with van der Waals surface area (Å²) in [6, 6.07) is 8.15. The van der Waals surface area contributed by atoms with Crippen molar-refractivity contribution in [2.24, 2.45) is 0 Å². The van der Waals surface area contributed by atoms with Gasteiger partial charge in [0, 0.05) is 42.8 Å². The Morgan fingerprint density at radius 1 is 1.14 bits per heavy atom. The first-order valence-electron chi connectivity index (χ1n) is 10.9. The highest BCUT2D eigenvalue weighted by atomic mass is 35.5. The number of H-pyrrole nitrogens is 1. The van der Waals surface area contributed by atoms with Crippen molar-refractivity contribution in [3.63, 3.8) is 0 Å². The van der Waals surface area contributed by atoms with Crippen molar-refractivity contribution < 1.29 is 19.1 Å². The van der Waals surface area contributed by atoms with Gasteiger partial charge in [-0.2, -0.15) is 0 Å². The molecule has 0 aliphatic carbocycles. The van der Waals surface area contributed by atoms with Gasteiger partial charge in [-0.3, -0.25) is 9.59 Å². The Labute approximate surface area is 216 Å². The predicted molar refractivity (Wildman–Crippen MR) is 138 cm³/mol. The molecule has 36 heavy (non-hydrogen) atoms. The molecule has 1 aromatic carbocycles. The number of amides is 1. The maximum absolute atomic E-state index is 13.6. The number of benzene rings is 1. The van der Waals surface area contributed by atoms with Crippen LogP contribution in [0.25, 0.3) is 11.0 Å². The lowest BCUT2D eigenvalue weighted by Gasteiger charge is -2.35. The number of methoxy groups -OCH3 is 1. The van der Waals surface area contributed by atoms with Gasteiger partial charge < -0.3 is 25.1 Å². The number of aromatic nitrogens is 3. The van der Waals surface area contributed by atoms with E-state index in [2.05, 4.69) is 25.6 Å². The highest BCUT2D eigenvalue weighted by Crippen LogP contribution is 2.39. The van der Waals surface area contributed by atoms with Gasteiger partial charge in [-0.25, -0.2) is 9.97 Å². The molecule has 0 radical (unpaired) electrons. The zero-order valence-electron chi connectivity index (χ0n) is 19.5. The number of ether oxygens (including phenoxy) is 2. The molecule has 0 fully saturated rings. The van der Waals surface area contributed by atoms with E-state index in [-0.39, 0.29) is 28.9 Å². The van der Waals surface area contributed by atoms with Crippen molar-refractivity contribution in [3.8, 4) is 11.5 Å². The largest absolute Gasteiger partial charge is 0.457 e. The van der Waals surface area contributed by atoms with E-state index >= 15 is 0 Å². The summed E-state index contributed by atoms with van der Waals surface area (Å²) in [6.45, 7) is 3.66. The molecular weight excluding hydrogens is 505 g/mol. The van der Waals surface area contributed by atoms with Crippen molar-refractivity contribution in [1.29, 1.82) is 0 Å². The van der Waals surface area contributed by atoms with E-state index in [0.717, 1.165) is 0 Å². The first-order valence-corrected chi connectivity index (χ1v) is 11.7. The topological polar surface area (TPSA) is 118 Å². The third kappa shape index (κ3) is 4.26. The van der Waals surface area contributed by atoms with Crippen LogP contribution in [0.2, 0.25) is 10.2 Å². The molecule has 0 saturated carbocycles. The number of aromatic amines is 1. The molecule has 0 unspecified atom stereocenters. The highest BCUT2D eigenvalue weighted by Gasteiger charge is 2.39. The van der Waals surface area contributed by atoms with Gasteiger partial charge in [-0.15, -0.1) is 0 Å². The zero-order chi connectivity index (χ0) is 25.6. The number of aryl methyl sites for hydroxylation is 1. The molecule has 11 heteroatoms. The molecule has 4 aromatic rings. The van der Waals surface area contributed by atoms with E-state index < -0.39 is 5.54 Å². The molecule has 3 aromatic heterocycles. The van der Waals surface area contributed by atoms with Gasteiger partial charge in [-0.1, -0.05) is 23.2 Å². The van der Waals surface area contributed by atoms with Gasteiger partial charge in [0.15, 0.2) is 5.78 Å². The van der Waals surface area contributed by atoms with Crippen LogP contribution in [0.5, 0.6) is 11.5 Å². The van der Waals surface area contributed by atoms with Gasteiger partial charge in [0.2, 0.25) is 0 Å². The number of hydrogen-bond donors (Lipinski definition) is 3. The van der Waals surface area contributed by atoms with Crippen LogP contribution < -0.4 is 15.4 Å². The third-order valence-electron chi connectivity index (χ3n) is 5.85. The molecule has 184 valence electrons. The number of nitrogens with zero attached hydrogens (tertiary/aromatic N) is 2. The highest BCUT2D eigenvalue weighted by molar-refractivity contribution is 6.36. The standard InChI is InChI=1S/C25H21Cl2N5O4/c1-12-6-14(8-19(27)30-12)36-13-4-5-15(17(26)7-13)22(33)16-9-28-23-20(16)21-18(10-29-23)31-24(34)25(2,32-21)11-35-3/h4-10,32H,11H2,1-3H3,(H,28,29)(H,31,34)/t25-/m0/s1. The van der Waals surface area contributed by atoms with Gasteiger partial charge in [-0.05, 0) is 26.0 Å². The lowest BCUT2D eigenvalue weighted by molar-refractivity contribution is -0.121. The smallest absolute Gasteiger partial charge is 0.252 e. The van der Waals surface area contributed by atoms with E-state index in [9.17, 15) is 9.59 Å². The van der Waals surface area contributed by atoms with Gasteiger partial charge in [0.1, 0.15) is 27.8 Å². The van der Waals surface area contributed by atoms with Crippen molar-refractivity contribution in [2.75, 3.05) is 24.4 Å². The Hall–Kier alpha value is -3.66. The van der Waals surface area contributed by atoms with E-state index in [4.69, 9.17) is 32.7 Å². The molecule has 1 aliphatic heterocycles. The SMILES string of the molecule is COC[C@]1(C)Nc2c(cnc3[nH]cc(C(=O)c4ccc(Oc5cc(C)nc(Cl)c5)cc4Cl)c23)NC1=O. The minimum absolute atomic E-state index is 0.130. The molecule has 9 nitrogen and oxygen atoms in total. The summed E-state index contributed by atoms with van der Waals surface area (Å²) in [6.07, 6.45) is 3.11.